The zero-order valence-electron chi connectivity index (χ0n) is 11.2. The normalized spacial score (nSPS) is 13.2. The summed E-state index contributed by atoms with van der Waals surface area (Å²) in [6, 6.07) is 18.8. The van der Waals surface area contributed by atoms with Gasteiger partial charge in [-0.15, -0.1) is 0 Å². The molecule has 0 aliphatic rings. The number of ether oxygens (including phenoxy) is 1. The SMILES string of the molecule is COc1ccccc1S(=O)C(CC#N)c1ccccc1. The predicted octanol–water partition coefficient (Wildman–Crippen LogP) is 3.46. The van der Waals surface area contributed by atoms with Gasteiger partial charge in [0.15, 0.2) is 0 Å². The van der Waals surface area contributed by atoms with Crippen molar-refractivity contribution in [1.82, 2.24) is 0 Å². The third-order valence-corrected chi connectivity index (χ3v) is 4.72. The van der Waals surface area contributed by atoms with Crippen LogP contribution in [0.4, 0.5) is 0 Å². The zero-order valence-corrected chi connectivity index (χ0v) is 12.0. The molecule has 20 heavy (non-hydrogen) atoms. The molecule has 102 valence electrons. The monoisotopic (exact) mass is 285 g/mol. The lowest BCUT2D eigenvalue weighted by Crippen LogP contribution is -2.08. The number of para-hydroxylation sites is 1. The van der Waals surface area contributed by atoms with E-state index in [1.54, 1.807) is 19.2 Å². The molecule has 0 spiro atoms. The van der Waals surface area contributed by atoms with Gasteiger partial charge >= 0.3 is 0 Å². The summed E-state index contributed by atoms with van der Waals surface area (Å²) < 4.78 is 18.0. The third-order valence-electron chi connectivity index (χ3n) is 2.99. The zero-order chi connectivity index (χ0) is 14.4. The van der Waals surface area contributed by atoms with E-state index >= 15 is 0 Å². The van der Waals surface area contributed by atoms with E-state index in [2.05, 4.69) is 6.07 Å². The number of benzene rings is 2. The van der Waals surface area contributed by atoms with Crippen LogP contribution in [0.15, 0.2) is 59.5 Å². The maximum Gasteiger partial charge on any atom is 0.134 e. The number of nitriles is 1. The molecule has 0 radical (unpaired) electrons. The molecule has 2 aromatic carbocycles. The number of hydrogen-bond donors (Lipinski definition) is 0. The van der Waals surface area contributed by atoms with Gasteiger partial charge in [-0.1, -0.05) is 42.5 Å². The molecule has 2 unspecified atom stereocenters. The molecule has 0 aliphatic carbocycles. The van der Waals surface area contributed by atoms with E-state index in [1.807, 2.05) is 42.5 Å². The minimum Gasteiger partial charge on any atom is -0.495 e. The van der Waals surface area contributed by atoms with Crippen molar-refractivity contribution in [3.63, 3.8) is 0 Å². The fourth-order valence-corrected chi connectivity index (χ4v) is 3.51. The van der Waals surface area contributed by atoms with E-state index < -0.39 is 10.8 Å². The van der Waals surface area contributed by atoms with Gasteiger partial charge in [0.25, 0.3) is 0 Å². The fraction of sp³-hybridized carbons (Fsp3) is 0.188. The summed E-state index contributed by atoms with van der Waals surface area (Å²) in [4.78, 5) is 0.624. The van der Waals surface area contributed by atoms with Crippen LogP contribution in [0.5, 0.6) is 5.75 Å². The minimum atomic E-state index is -1.33. The first-order chi connectivity index (χ1) is 9.77. The van der Waals surface area contributed by atoms with Crippen molar-refractivity contribution in [2.75, 3.05) is 7.11 Å². The molecule has 0 amide bonds. The van der Waals surface area contributed by atoms with Crippen LogP contribution in [0.1, 0.15) is 17.2 Å². The number of methoxy groups -OCH3 is 1. The van der Waals surface area contributed by atoms with E-state index in [-0.39, 0.29) is 11.7 Å². The van der Waals surface area contributed by atoms with Gasteiger partial charge in [-0.2, -0.15) is 5.26 Å². The van der Waals surface area contributed by atoms with Crippen LogP contribution in [0.3, 0.4) is 0 Å². The molecule has 0 saturated carbocycles. The molecule has 0 aliphatic heterocycles. The van der Waals surface area contributed by atoms with E-state index in [1.165, 1.54) is 0 Å². The Bertz CT molecular complexity index is 634. The number of rotatable bonds is 5. The molecule has 0 saturated heterocycles. The maximum atomic E-state index is 12.8. The topological polar surface area (TPSA) is 50.1 Å². The summed E-state index contributed by atoms with van der Waals surface area (Å²) in [5.74, 6) is 0.588. The second-order valence-electron chi connectivity index (χ2n) is 4.21. The Balaban J connectivity index is 2.40. The Morgan fingerprint density at radius 3 is 2.45 bits per heavy atom. The van der Waals surface area contributed by atoms with Crippen molar-refractivity contribution in [2.45, 2.75) is 16.6 Å². The predicted molar refractivity (Wildman–Crippen MR) is 78.8 cm³/mol. The molecular weight excluding hydrogens is 270 g/mol. The summed E-state index contributed by atoms with van der Waals surface area (Å²) in [6.45, 7) is 0. The summed E-state index contributed by atoms with van der Waals surface area (Å²) in [6.07, 6.45) is 0.203. The first-order valence-corrected chi connectivity index (χ1v) is 7.44. The van der Waals surface area contributed by atoms with Gasteiger partial charge in [0.05, 0.1) is 40.5 Å². The van der Waals surface area contributed by atoms with Crippen molar-refractivity contribution in [2.24, 2.45) is 0 Å². The molecule has 0 N–H and O–H groups in total. The quantitative estimate of drug-likeness (QED) is 0.845. The van der Waals surface area contributed by atoms with Crippen LogP contribution in [-0.4, -0.2) is 11.3 Å². The first-order valence-electron chi connectivity index (χ1n) is 6.23. The van der Waals surface area contributed by atoms with Gasteiger partial charge < -0.3 is 4.74 Å². The van der Waals surface area contributed by atoms with Crippen molar-refractivity contribution >= 4 is 10.8 Å². The summed E-state index contributed by atoms with van der Waals surface area (Å²) in [5.41, 5.74) is 0.901. The summed E-state index contributed by atoms with van der Waals surface area (Å²) >= 11 is 0. The van der Waals surface area contributed by atoms with Gasteiger partial charge in [-0.3, -0.25) is 4.21 Å². The number of nitrogens with zero attached hydrogens (tertiary/aromatic N) is 1. The highest BCUT2D eigenvalue weighted by Crippen LogP contribution is 2.32. The molecule has 0 heterocycles. The molecule has 3 nitrogen and oxygen atoms in total. The van der Waals surface area contributed by atoms with E-state index in [9.17, 15) is 4.21 Å². The van der Waals surface area contributed by atoms with E-state index in [4.69, 9.17) is 10.00 Å². The van der Waals surface area contributed by atoms with Gasteiger partial charge in [-0.25, -0.2) is 0 Å². The smallest absolute Gasteiger partial charge is 0.134 e. The standard InChI is InChI=1S/C16H15NO2S/c1-19-14-9-5-6-10-16(14)20(18)15(11-12-17)13-7-3-2-4-8-13/h2-10,15H,11H2,1H3. The van der Waals surface area contributed by atoms with E-state index in [0.29, 0.717) is 10.6 Å². The van der Waals surface area contributed by atoms with E-state index in [0.717, 1.165) is 5.56 Å². The first kappa shape index (κ1) is 14.3. The van der Waals surface area contributed by atoms with Crippen LogP contribution < -0.4 is 4.74 Å². The highest BCUT2D eigenvalue weighted by atomic mass is 32.2. The lowest BCUT2D eigenvalue weighted by molar-refractivity contribution is 0.404. The van der Waals surface area contributed by atoms with Crippen molar-refractivity contribution < 1.29 is 8.95 Å². The Hall–Kier alpha value is -2.12. The Labute approximate surface area is 121 Å². The van der Waals surface area contributed by atoms with Crippen molar-refractivity contribution in [3.05, 3.63) is 60.2 Å². The Kier molecular flexibility index (Phi) is 4.91. The molecule has 0 bridgehead atoms. The van der Waals surface area contributed by atoms with Crippen LogP contribution in [-0.2, 0) is 10.8 Å². The second-order valence-corrected chi connectivity index (χ2v) is 5.81. The average Bonchev–Trinajstić information content (AvgIpc) is 2.52. The van der Waals surface area contributed by atoms with Gasteiger partial charge in [0, 0.05) is 0 Å². The third kappa shape index (κ3) is 3.06. The van der Waals surface area contributed by atoms with Gasteiger partial charge in [-0.05, 0) is 17.7 Å². The summed E-state index contributed by atoms with van der Waals surface area (Å²) in [7, 11) is 0.222. The Morgan fingerprint density at radius 2 is 1.80 bits per heavy atom. The highest BCUT2D eigenvalue weighted by Gasteiger charge is 2.22. The van der Waals surface area contributed by atoms with Gasteiger partial charge in [0.2, 0.25) is 0 Å². The largest absolute Gasteiger partial charge is 0.495 e. The lowest BCUT2D eigenvalue weighted by Gasteiger charge is -2.16. The second kappa shape index (κ2) is 6.88. The fourth-order valence-electron chi connectivity index (χ4n) is 2.01. The van der Waals surface area contributed by atoms with Gasteiger partial charge in [0.1, 0.15) is 5.75 Å². The van der Waals surface area contributed by atoms with Crippen molar-refractivity contribution in [1.29, 1.82) is 5.26 Å². The van der Waals surface area contributed by atoms with Crippen LogP contribution in [0.2, 0.25) is 0 Å². The van der Waals surface area contributed by atoms with Crippen LogP contribution >= 0.6 is 0 Å². The molecule has 2 rings (SSSR count). The molecule has 2 aromatic rings. The molecular formula is C16H15NO2S. The molecule has 0 fully saturated rings. The Morgan fingerprint density at radius 1 is 1.15 bits per heavy atom. The highest BCUT2D eigenvalue weighted by molar-refractivity contribution is 7.85. The average molecular weight is 285 g/mol. The lowest BCUT2D eigenvalue weighted by atomic mass is 10.1. The summed E-state index contributed by atoms with van der Waals surface area (Å²) in [5, 5.41) is 8.66. The molecule has 0 aromatic heterocycles. The molecule has 4 heteroatoms. The van der Waals surface area contributed by atoms with Crippen molar-refractivity contribution in [3.8, 4) is 11.8 Å². The number of hydrogen-bond acceptors (Lipinski definition) is 3. The molecule has 2 atom stereocenters. The van der Waals surface area contributed by atoms with Crippen LogP contribution in [0.25, 0.3) is 0 Å². The van der Waals surface area contributed by atoms with Crippen LogP contribution in [0, 0.1) is 11.3 Å². The minimum absolute atomic E-state index is 0.203. The maximum absolute atomic E-state index is 12.8.